The molecule has 1 unspecified atom stereocenters. The highest BCUT2D eigenvalue weighted by Crippen LogP contribution is 2.27. The van der Waals surface area contributed by atoms with Crippen LogP contribution in [0.15, 0.2) is 48.1 Å². The third-order valence-corrected chi connectivity index (χ3v) is 7.10. The first-order valence-electron chi connectivity index (χ1n) is 11.0. The zero-order chi connectivity index (χ0) is 21.0. The van der Waals surface area contributed by atoms with Gasteiger partial charge in [-0.2, -0.15) is 0 Å². The molecule has 1 atom stereocenters. The van der Waals surface area contributed by atoms with Gasteiger partial charge < -0.3 is 15.1 Å². The molecule has 162 valence electrons. The highest BCUT2D eigenvalue weighted by Gasteiger charge is 2.24. The molecule has 8 heteroatoms. The van der Waals surface area contributed by atoms with Gasteiger partial charge >= 0.3 is 0 Å². The standard InChI is InChI=1S/C23H28N6OS/c30-21(24-14-18-6-8-29(15-18)19-4-2-1-3-5-19)16-27-9-11-28(12-10-27)22-20-7-13-31-23(20)26-17-25-22/h1-5,7,13,17-18H,6,8-12,14-16H2,(H,24,30). The zero-order valence-electron chi connectivity index (χ0n) is 17.6. The van der Waals surface area contributed by atoms with Crippen molar-refractivity contribution in [3.05, 3.63) is 48.1 Å². The van der Waals surface area contributed by atoms with Crippen LogP contribution in [0.4, 0.5) is 11.5 Å². The number of hydrogen-bond acceptors (Lipinski definition) is 7. The first-order chi connectivity index (χ1) is 15.3. The highest BCUT2D eigenvalue weighted by atomic mass is 32.1. The third kappa shape index (κ3) is 4.65. The Kier molecular flexibility index (Phi) is 5.99. The number of anilines is 2. The molecule has 3 aromatic rings. The summed E-state index contributed by atoms with van der Waals surface area (Å²) in [5.74, 6) is 1.67. The van der Waals surface area contributed by atoms with Gasteiger partial charge in [-0.3, -0.25) is 9.69 Å². The second-order valence-corrected chi connectivity index (χ2v) is 9.23. The Balaban J connectivity index is 1.06. The van der Waals surface area contributed by atoms with Crippen LogP contribution in [0, 0.1) is 5.92 Å². The lowest BCUT2D eigenvalue weighted by Gasteiger charge is -2.35. The molecule has 0 aliphatic carbocycles. The number of carbonyl (C=O) groups is 1. The summed E-state index contributed by atoms with van der Waals surface area (Å²) in [7, 11) is 0. The lowest BCUT2D eigenvalue weighted by atomic mass is 10.1. The molecule has 2 fully saturated rings. The SMILES string of the molecule is O=C(CN1CCN(c2ncnc3sccc23)CC1)NCC1CCN(c2ccccc2)C1. The second kappa shape index (κ2) is 9.20. The van der Waals surface area contributed by atoms with Crippen LogP contribution >= 0.6 is 11.3 Å². The summed E-state index contributed by atoms with van der Waals surface area (Å²) in [6, 6.07) is 12.6. The van der Waals surface area contributed by atoms with E-state index in [1.165, 1.54) is 5.69 Å². The normalized spacial score (nSPS) is 19.8. The van der Waals surface area contributed by atoms with E-state index in [2.05, 4.69) is 65.7 Å². The Labute approximate surface area is 186 Å². The monoisotopic (exact) mass is 436 g/mol. The van der Waals surface area contributed by atoms with Crippen molar-refractivity contribution in [2.75, 3.05) is 62.2 Å². The number of para-hydroxylation sites is 1. The van der Waals surface area contributed by atoms with Crippen LogP contribution in [0.3, 0.4) is 0 Å². The van der Waals surface area contributed by atoms with Crippen molar-refractivity contribution in [1.82, 2.24) is 20.2 Å². The minimum atomic E-state index is 0.133. The van der Waals surface area contributed by atoms with Crippen LogP contribution in [-0.4, -0.2) is 73.1 Å². The predicted octanol–water partition coefficient (Wildman–Crippen LogP) is 2.46. The summed E-state index contributed by atoms with van der Waals surface area (Å²) < 4.78 is 0. The Morgan fingerprint density at radius 3 is 2.71 bits per heavy atom. The van der Waals surface area contributed by atoms with Crippen molar-refractivity contribution >= 4 is 39.0 Å². The van der Waals surface area contributed by atoms with Crippen LogP contribution in [0.25, 0.3) is 10.2 Å². The molecular formula is C23H28N6OS. The van der Waals surface area contributed by atoms with Gasteiger partial charge in [0.15, 0.2) is 0 Å². The van der Waals surface area contributed by atoms with Crippen LogP contribution in [-0.2, 0) is 4.79 Å². The predicted molar refractivity (Wildman–Crippen MR) is 126 cm³/mol. The van der Waals surface area contributed by atoms with Gasteiger partial charge in [-0.1, -0.05) is 18.2 Å². The smallest absolute Gasteiger partial charge is 0.234 e. The van der Waals surface area contributed by atoms with Crippen molar-refractivity contribution < 1.29 is 4.79 Å². The lowest BCUT2D eigenvalue weighted by molar-refractivity contribution is -0.122. The van der Waals surface area contributed by atoms with E-state index >= 15 is 0 Å². The number of aromatic nitrogens is 2. The molecule has 0 saturated carbocycles. The fourth-order valence-corrected chi connectivity index (χ4v) is 5.26. The molecule has 5 rings (SSSR count). The van der Waals surface area contributed by atoms with Gasteiger partial charge in [-0.05, 0) is 35.9 Å². The van der Waals surface area contributed by atoms with Gasteiger partial charge in [0, 0.05) is 51.5 Å². The fourth-order valence-electron chi connectivity index (χ4n) is 4.54. The van der Waals surface area contributed by atoms with E-state index < -0.39 is 0 Å². The van der Waals surface area contributed by atoms with Crippen molar-refractivity contribution in [2.24, 2.45) is 5.92 Å². The van der Waals surface area contributed by atoms with Gasteiger partial charge in [0.1, 0.15) is 17.0 Å². The molecular weight excluding hydrogens is 408 g/mol. The average molecular weight is 437 g/mol. The molecule has 4 heterocycles. The van der Waals surface area contributed by atoms with E-state index in [1.54, 1.807) is 17.7 Å². The molecule has 0 bridgehead atoms. The van der Waals surface area contributed by atoms with Gasteiger partial charge in [-0.25, -0.2) is 9.97 Å². The van der Waals surface area contributed by atoms with Gasteiger partial charge in [0.2, 0.25) is 5.91 Å². The topological polar surface area (TPSA) is 64.6 Å². The highest BCUT2D eigenvalue weighted by molar-refractivity contribution is 7.16. The molecule has 1 N–H and O–H groups in total. The molecule has 2 aromatic heterocycles. The van der Waals surface area contributed by atoms with E-state index in [0.29, 0.717) is 12.5 Å². The first kappa shape index (κ1) is 20.2. The number of nitrogens with one attached hydrogen (secondary N) is 1. The van der Waals surface area contributed by atoms with Gasteiger partial charge in [0.25, 0.3) is 0 Å². The Bertz CT molecular complexity index is 1020. The summed E-state index contributed by atoms with van der Waals surface area (Å²) in [5, 5.41) is 6.35. The molecule has 0 radical (unpaired) electrons. The number of carbonyl (C=O) groups excluding carboxylic acids is 1. The van der Waals surface area contributed by atoms with Crippen LogP contribution in [0.1, 0.15) is 6.42 Å². The van der Waals surface area contributed by atoms with Crippen molar-refractivity contribution in [3.8, 4) is 0 Å². The van der Waals surface area contributed by atoms with Crippen molar-refractivity contribution in [3.63, 3.8) is 0 Å². The number of hydrogen-bond donors (Lipinski definition) is 1. The van der Waals surface area contributed by atoms with E-state index in [-0.39, 0.29) is 5.91 Å². The lowest BCUT2D eigenvalue weighted by Crippen LogP contribution is -2.50. The maximum Gasteiger partial charge on any atom is 0.234 e. The van der Waals surface area contributed by atoms with Crippen LogP contribution in [0.5, 0.6) is 0 Å². The number of rotatable bonds is 6. The first-order valence-corrected chi connectivity index (χ1v) is 11.9. The number of nitrogens with zero attached hydrogens (tertiary/aromatic N) is 5. The van der Waals surface area contributed by atoms with Crippen molar-refractivity contribution in [1.29, 1.82) is 0 Å². The average Bonchev–Trinajstić information content (AvgIpc) is 3.48. The van der Waals surface area contributed by atoms with Gasteiger partial charge in [-0.15, -0.1) is 11.3 Å². The van der Waals surface area contributed by atoms with Crippen molar-refractivity contribution in [2.45, 2.75) is 6.42 Å². The Morgan fingerprint density at radius 1 is 1.03 bits per heavy atom. The minimum Gasteiger partial charge on any atom is -0.371 e. The summed E-state index contributed by atoms with van der Waals surface area (Å²) in [6.45, 7) is 6.81. The van der Waals surface area contributed by atoms with E-state index in [0.717, 1.165) is 68.3 Å². The minimum absolute atomic E-state index is 0.133. The molecule has 0 spiro atoms. The number of amides is 1. The summed E-state index contributed by atoms with van der Waals surface area (Å²) >= 11 is 1.64. The Hall–Kier alpha value is -2.71. The maximum atomic E-state index is 12.5. The number of fused-ring (bicyclic) bond motifs is 1. The second-order valence-electron chi connectivity index (χ2n) is 8.34. The molecule has 1 amide bonds. The molecule has 1 aromatic carbocycles. The number of benzene rings is 1. The fraction of sp³-hybridized carbons (Fsp3) is 0.435. The Morgan fingerprint density at radius 2 is 1.87 bits per heavy atom. The zero-order valence-corrected chi connectivity index (χ0v) is 18.4. The third-order valence-electron chi connectivity index (χ3n) is 6.27. The molecule has 2 aliphatic heterocycles. The summed E-state index contributed by atoms with van der Waals surface area (Å²) in [4.78, 5) is 29.4. The summed E-state index contributed by atoms with van der Waals surface area (Å²) in [6.07, 6.45) is 2.78. The van der Waals surface area contributed by atoms with E-state index in [1.807, 2.05) is 6.07 Å². The quantitative estimate of drug-likeness (QED) is 0.640. The largest absolute Gasteiger partial charge is 0.371 e. The number of piperazine rings is 1. The van der Waals surface area contributed by atoms with E-state index in [4.69, 9.17) is 0 Å². The van der Waals surface area contributed by atoms with Gasteiger partial charge in [0.05, 0.1) is 11.9 Å². The molecule has 31 heavy (non-hydrogen) atoms. The molecule has 2 saturated heterocycles. The van der Waals surface area contributed by atoms with E-state index in [9.17, 15) is 4.79 Å². The summed E-state index contributed by atoms with van der Waals surface area (Å²) in [5.41, 5.74) is 1.28. The maximum absolute atomic E-state index is 12.5. The van der Waals surface area contributed by atoms with Crippen LogP contribution in [0.2, 0.25) is 0 Å². The number of thiophene rings is 1. The molecule has 2 aliphatic rings. The molecule has 7 nitrogen and oxygen atoms in total. The van der Waals surface area contributed by atoms with Crippen LogP contribution < -0.4 is 15.1 Å².